The summed E-state index contributed by atoms with van der Waals surface area (Å²) in [6.07, 6.45) is 1.57. The van der Waals surface area contributed by atoms with Gasteiger partial charge in [0.25, 0.3) is 5.91 Å². The van der Waals surface area contributed by atoms with E-state index in [0.29, 0.717) is 24.5 Å². The molecule has 2 rings (SSSR count). The minimum atomic E-state index is -0.104. The zero-order valence-electron chi connectivity index (χ0n) is 10.4. The third kappa shape index (κ3) is 4.18. The molecular formula is C13H12BrClN4O. The second-order valence-electron chi connectivity index (χ2n) is 3.88. The predicted molar refractivity (Wildman–Crippen MR) is 82.0 cm³/mol. The normalized spacial score (nSPS) is 10.1. The quantitative estimate of drug-likeness (QED) is 0.639. The van der Waals surface area contributed by atoms with Gasteiger partial charge in [0, 0.05) is 24.8 Å². The van der Waals surface area contributed by atoms with Crippen molar-refractivity contribution in [2.75, 3.05) is 18.4 Å². The molecule has 20 heavy (non-hydrogen) atoms. The number of carbonyl (C=O) groups excluding carboxylic acids is 1. The summed E-state index contributed by atoms with van der Waals surface area (Å²) in [5.41, 5.74) is 0.638. The van der Waals surface area contributed by atoms with Gasteiger partial charge >= 0.3 is 0 Å². The summed E-state index contributed by atoms with van der Waals surface area (Å²) < 4.78 is 0.719. The molecule has 0 radical (unpaired) electrons. The molecule has 1 amide bonds. The number of hydrogen-bond acceptors (Lipinski definition) is 4. The first kappa shape index (κ1) is 14.7. The molecule has 2 N–H and O–H groups in total. The number of halogens is 2. The zero-order chi connectivity index (χ0) is 14.4. The number of nitrogens with one attached hydrogen (secondary N) is 2. The Kier molecular flexibility index (Phi) is 5.31. The van der Waals surface area contributed by atoms with E-state index in [0.717, 1.165) is 4.47 Å². The topological polar surface area (TPSA) is 66.9 Å². The molecule has 0 unspecified atom stereocenters. The van der Waals surface area contributed by atoms with Crippen LogP contribution in [0.5, 0.6) is 0 Å². The van der Waals surface area contributed by atoms with E-state index in [2.05, 4.69) is 36.5 Å². The summed E-state index contributed by atoms with van der Waals surface area (Å²) in [4.78, 5) is 19.6. The van der Waals surface area contributed by atoms with Gasteiger partial charge in [0.15, 0.2) is 0 Å². The van der Waals surface area contributed by atoms with Crippen LogP contribution in [0.15, 0.2) is 41.0 Å². The number of amides is 1. The van der Waals surface area contributed by atoms with E-state index in [1.807, 2.05) is 18.2 Å². The molecule has 0 saturated carbocycles. The second kappa shape index (κ2) is 7.21. The maximum atomic E-state index is 11.8. The Hall–Kier alpha value is -1.66. The van der Waals surface area contributed by atoms with Crippen LogP contribution in [0.4, 0.5) is 5.82 Å². The van der Waals surface area contributed by atoms with Gasteiger partial charge in [0.2, 0.25) is 5.28 Å². The lowest BCUT2D eigenvalue weighted by molar-refractivity contribution is 0.0955. The van der Waals surface area contributed by atoms with Crippen LogP contribution in [-0.2, 0) is 0 Å². The van der Waals surface area contributed by atoms with Crippen LogP contribution < -0.4 is 10.6 Å². The minimum Gasteiger partial charge on any atom is -0.367 e. The molecule has 0 saturated heterocycles. The van der Waals surface area contributed by atoms with E-state index in [4.69, 9.17) is 11.6 Å². The molecular weight excluding hydrogens is 344 g/mol. The van der Waals surface area contributed by atoms with E-state index < -0.39 is 0 Å². The Labute approximate surface area is 129 Å². The van der Waals surface area contributed by atoms with Gasteiger partial charge in [-0.25, -0.2) is 4.98 Å². The van der Waals surface area contributed by atoms with Crippen LogP contribution in [0.2, 0.25) is 5.28 Å². The Bertz CT molecular complexity index is 594. The second-order valence-corrected chi connectivity index (χ2v) is 5.08. The highest BCUT2D eigenvalue weighted by molar-refractivity contribution is 9.10. The maximum Gasteiger partial charge on any atom is 0.251 e. The molecule has 1 aromatic heterocycles. The molecule has 2 aromatic rings. The minimum absolute atomic E-state index is 0.104. The Morgan fingerprint density at radius 1 is 1.25 bits per heavy atom. The number of benzene rings is 1. The van der Waals surface area contributed by atoms with Gasteiger partial charge < -0.3 is 10.6 Å². The molecule has 0 fully saturated rings. The van der Waals surface area contributed by atoms with E-state index in [-0.39, 0.29) is 11.2 Å². The molecule has 1 aromatic carbocycles. The molecule has 0 aliphatic rings. The summed E-state index contributed by atoms with van der Waals surface area (Å²) in [6.45, 7) is 1.01. The molecule has 5 nitrogen and oxygen atoms in total. The number of aromatic nitrogens is 2. The van der Waals surface area contributed by atoms with Gasteiger partial charge in [-0.15, -0.1) is 0 Å². The van der Waals surface area contributed by atoms with Gasteiger partial charge in [-0.3, -0.25) is 4.79 Å². The van der Waals surface area contributed by atoms with Crippen LogP contribution in [0.3, 0.4) is 0 Å². The van der Waals surface area contributed by atoms with Crippen molar-refractivity contribution in [1.29, 1.82) is 0 Å². The van der Waals surface area contributed by atoms with Gasteiger partial charge in [-0.1, -0.05) is 18.2 Å². The molecule has 0 aliphatic heterocycles. The average Bonchev–Trinajstić information content (AvgIpc) is 2.47. The number of nitrogens with zero attached hydrogens (tertiary/aromatic N) is 2. The van der Waals surface area contributed by atoms with Crippen LogP contribution in [0.25, 0.3) is 0 Å². The van der Waals surface area contributed by atoms with E-state index in [9.17, 15) is 4.79 Å². The molecule has 104 valence electrons. The molecule has 0 atom stereocenters. The number of hydrogen-bond donors (Lipinski definition) is 2. The average molecular weight is 356 g/mol. The predicted octanol–water partition coefficient (Wildman–Crippen LogP) is 2.73. The van der Waals surface area contributed by atoms with E-state index in [1.54, 1.807) is 18.3 Å². The number of rotatable bonds is 5. The first-order valence-corrected chi connectivity index (χ1v) is 7.09. The zero-order valence-corrected chi connectivity index (χ0v) is 12.8. The SMILES string of the molecule is O=C(NCCNc1nc(Cl)ncc1Br)c1ccccc1. The summed E-state index contributed by atoms with van der Waals surface area (Å²) in [6, 6.07) is 9.06. The lowest BCUT2D eigenvalue weighted by Crippen LogP contribution is -2.28. The number of carbonyl (C=O) groups is 1. The molecule has 1 heterocycles. The largest absolute Gasteiger partial charge is 0.367 e. The third-order valence-corrected chi connectivity index (χ3v) is 3.22. The van der Waals surface area contributed by atoms with Crippen molar-refractivity contribution in [3.63, 3.8) is 0 Å². The highest BCUT2D eigenvalue weighted by atomic mass is 79.9. The standard InChI is InChI=1S/C13H12BrClN4O/c14-10-8-18-13(15)19-11(10)16-6-7-17-12(20)9-4-2-1-3-5-9/h1-5,8H,6-7H2,(H,17,20)(H,16,18,19). The van der Waals surface area contributed by atoms with Crippen LogP contribution in [0.1, 0.15) is 10.4 Å². The molecule has 0 spiro atoms. The third-order valence-electron chi connectivity index (χ3n) is 2.45. The Morgan fingerprint density at radius 2 is 2.00 bits per heavy atom. The first-order valence-electron chi connectivity index (χ1n) is 5.92. The van der Waals surface area contributed by atoms with E-state index >= 15 is 0 Å². The fraction of sp³-hybridized carbons (Fsp3) is 0.154. The maximum absolute atomic E-state index is 11.8. The van der Waals surface area contributed by atoms with Gasteiger partial charge in [-0.05, 0) is 39.7 Å². The van der Waals surface area contributed by atoms with Crippen LogP contribution in [-0.4, -0.2) is 29.0 Å². The highest BCUT2D eigenvalue weighted by Gasteiger charge is 2.05. The Morgan fingerprint density at radius 3 is 2.75 bits per heavy atom. The van der Waals surface area contributed by atoms with Gasteiger partial charge in [0.05, 0.1) is 4.47 Å². The summed E-state index contributed by atoms with van der Waals surface area (Å²) in [5.74, 6) is 0.492. The monoisotopic (exact) mass is 354 g/mol. The van der Waals surface area contributed by atoms with Gasteiger partial charge in [0.1, 0.15) is 5.82 Å². The molecule has 0 bridgehead atoms. The van der Waals surface area contributed by atoms with Crippen molar-refractivity contribution < 1.29 is 4.79 Å². The van der Waals surface area contributed by atoms with Crippen LogP contribution in [0, 0.1) is 0 Å². The van der Waals surface area contributed by atoms with Crippen molar-refractivity contribution in [3.8, 4) is 0 Å². The first-order chi connectivity index (χ1) is 9.66. The van der Waals surface area contributed by atoms with Gasteiger partial charge in [-0.2, -0.15) is 4.98 Å². The Balaban J connectivity index is 1.79. The van der Waals surface area contributed by atoms with Crippen molar-refractivity contribution in [2.45, 2.75) is 0 Å². The summed E-state index contributed by atoms with van der Waals surface area (Å²) >= 11 is 9.02. The highest BCUT2D eigenvalue weighted by Crippen LogP contribution is 2.19. The van der Waals surface area contributed by atoms with Crippen molar-refractivity contribution in [1.82, 2.24) is 15.3 Å². The molecule has 0 aliphatic carbocycles. The van der Waals surface area contributed by atoms with Crippen LogP contribution >= 0.6 is 27.5 Å². The fourth-order valence-electron chi connectivity index (χ4n) is 1.52. The smallest absolute Gasteiger partial charge is 0.251 e. The van der Waals surface area contributed by atoms with E-state index in [1.165, 1.54) is 0 Å². The van der Waals surface area contributed by atoms with Crippen molar-refractivity contribution in [3.05, 3.63) is 51.8 Å². The fourth-order valence-corrected chi connectivity index (χ4v) is 1.98. The lowest BCUT2D eigenvalue weighted by Gasteiger charge is -2.08. The number of anilines is 1. The van der Waals surface area contributed by atoms with Crippen molar-refractivity contribution in [2.24, 2.45) is 0 Å². The van der Waals surface area contributed by atoms with Crippen molar-refractivity contribution >= 4 is 39.3 Å². The summed E-state index contributed by atoms with van der Waals surface area (Å²) in [7, 11) is 0. The summed E-state index contributed by atoms with van der Waals surface area (Å²) in [5, 5.41) is 6.04. The lowest BCUT2D eigenvalue weighted by atomic mass is 10.2. The molecule has 7 heteroatoms.